The number of rotatable bonds is 10. The molecule has 2 N–H and O–H groups in total. The molecule has 2 atom stereocenters. The van der Waals surface area contributed by atoms with Crippen LogP contribution in [-0.4, -0.2) is 37.1 Å². The van der Waals surface area contributed by atoms with E-state index >= 15 is 0 Å². The van der Waals surface area contributed by atoms with Crippen LogP contribution in [0.1, 0.15) is 49.7 Å². The van der Waals surface area contributed by atoms with Crippen molar-refractivity contribution in [2.75, 3.05) is 6.26 Å². The minimum atomic E-state index is -3.25. The third-order valence-corrected chi connectivity index (χ3v) is 8.25. The number of nitrogens with one attached hydrogen (secondary N) is 2. The predicted molar refractivity (Wildman–Crippen MR) is 141 cm³/mol. The molecule has 1 aliphatic rings. The van der Waals surface area contributed by atoms with Crippen LogP contribution < -0.4 is 10.6 Å². The number of nitrogens with zero attached hydrogens (tertiary/aromatic N) is 2. The van der Waals surface area contributed by atoms with Crippen LogP contribution in [0.2, 0.25) is 0 Å². The molecule has 4 rings (SSSR count). The van der Waals surface area contributed by atoms with Crippen molar-refractivity contribution in [2.24, 2.45) is 5.92 Å². The SMILES string of the molecule is CC(C)C[C@H](N[C@@H](c1ccc(-c2ccc(S(C)(=O)=O)cc2)cc1)c1nccs1)C(=O)NC1(C#N)CC1. The number of hydrogen-bond donors (Lipinski definition) is 2. The quantitative estimate of drug-likeness (QED) is 0.406. The van der Waals surface area contributed by atoms with Crippen molar-refractivity contribution in [1.29, 1.82) is 5.26 Å². The van der Waals surface area contributed by atoms with E-state index in [4.69, 9.17) is 0 Å². The molecule has 0 unspecified atom stereocenters. The van der Waals surface area contributed by atoms with Gasteiger partial charge in [-0.3, -0.25) is 10.1 Å². The number of benzene rings is 2. The van der Waals surface area contributed by atoms with E-state index in [0.717, 1.165) is 21.7 Å². The van der Waals surface area contributed by atoms with Gasteiger partial charge in [0.15, 0.2) is 9.84 Å². The molecule has 0 bridgehead atoms. The summed E-state index contributed by atoms with van der Waals surface area (Å²) < 4.78 is 23.5. The van der Waals surface area contributed by atoms with Crippen LogP contribution in [0.5, 0.6) is 0 Å². The van der Waals surface area contributed by atoms with Crippen LogP contribution in [0.15, 0.2) is 65.0 Å². The van der Waals surface area contributed by atoms with Gasteiger partial charge in [-0.2, -0.15) is 5.26 Å². The third-order valence-electron chi connectivity index (χ3n) is 6.28. The molecule has 3 aromatic rings. The largest absolute Gasteiger partial charge is 0.336 e. The Morgan fingerprint density at radius 3 is 2.19 bits per heavy atom. The first kappa shape index (κ1) is 26.0. The molecule has 9 heteroatoms. The molecule has 1 saturated carbocycles. The fourth-order valence-electron chi connectivity index (χ4n) is 4.09. The average Bonchev–Trinajstić information content (AvgIpc) is 3.41. The molecule has 0 spiro atoms. The molecular weight excluding hydrogens is 492 g/mol. The zero-order chi connectivity index (χ0) is 25.9. The Balaban J connectivity index is 1.59. The van der Waals surface area contributed by atoms with Crippen molar-refractivity contribution >= 4 is 27.1 Å². The molecule has 1 aliphatic carbocycles. The highest BCUT2D eigenvalue weighted by Crippen LogP contribution is 2.35. The predicted octanol–water partition coefficient (Wildman–Crippen LogP) is 4.48. The fourth-order valence-corrected chi connectivity index (χ4v) is 5.44. The molecule has 7 nitrogen and oxygen atoms in total. The van der Waals surface area contributed by atoms with Gasteiger partial charge < -0.3 is 5.32 Å². The summed E-state index contributed by atoms with van der Waals surface area (Å²) in [4.78, 5) is 18.0. The maximum Gasteiger partial charge on any atom is 0.238 e. The molecule has 2 aromatic carbocycles. The Bertz CT molecular complexity index is 1340. The topological polar surface area (TPSA) is 112 Å². The summed E-state index contributed by atoms with van der Waals surface area (Å²) in [5.74, 6) is 0.117. The van der Waals surface area contributed by atoms with Gasteiger partial charge in [0.2, 0.25) is 5.91 Å². The molecule has 0 aliphatic heterocycles. The van der Waals surface area contributed by atoms with Gasteiger partial charge in [0.1, 0.15) is 10.5 Å². The van der Waals surface area contributed by atoms with Crippen molar-refractivity contribution in [1.82, 2.24) is 15.6 Å². The lowest BCUT2D eigenvalue weighted by Gasteiger charge is -2.26. The Morgan fingerprint density at radius 1 is 1.11 bits per heavy atom. The van der Waals surface area contributed by atoms with E-state index in [1.165, 1.54) is 17.6 Å². The molecule has 1 amide bonds. The zero-order valence-electron chi connectivity index (χ0n) is 20.6. The molecule has 188 valence electrons. The molecule has 36 heavy (non-hydrogen) atoms. The van der Waals surface area contributed by atoms with E-state index in [9.17, 15) is 18.5 Å². The molecule has 1 fully saturated rings. The second-order valence-corrected chi connectivity index (χ2v) is 12.7. The number of nitriles is 1. The first-order chi connectivity index (χ1) is 17.1. The van der Waals surface area contributed by atoms with Crippen LogP contribution in [-0.2, 0) is 14.6 Å². The van der Waals surface area contributed by atoms with Gasteiger partial charge in [0.05, 0.1) is 23.0 Å². The number of thiazole rings is 1. The maximum absolute atomic E-state index is 13.2. The number of hydrogen-bond acceptors (Lipinski definition) is 7. The number of sulfone groups is 1. The highest BCUT2D eigenvalue weighted by molar-refractivity contribution is 7.90. The lowest BCUT2D eigenvalue weighted by Crippen LogP contribution is -2.50. The molecule has 0 radical (unpaired) electrons. The van der Waals surface area contributed by atoms with Crippen LogP contribution in [0.3, 0.4) is 0 Å². The van der Waals surface area contributed by atoms with Gasteiger partial charge in [-0.1, -0.05) is 50.2 Å². The van der Waals surface area contributed by atoms with E-state index in [1.54, 1.807) is 30.5 Å². The number of aromatic nitrogens is 1. The Kier molecular flexibility index (Phi) is 7.59. The first-order valence-electron chi connectivity index (χ1n) is 11.9. The minimum absolute atomic E-state index is 0.160. The van der Waals surface area contributed by atoms with Crippen molar-refractivity contribution in [3.8, 4) is 17.2 Å². The van der Waals surface area contributed by atoms with Crippen LogP contribution in [0, 0.1) is 17.2 Å². The maximum atomic E-state index is 13.2. The molecular formula is C27H30N4O3S2. The second kappa shape index (κ2) is 10.5. The first-order valence-corrected chi connectivity index (χ1v) is 14.7. The van der Waals surface area contributed by atoms with Crippen molar-refractivity contribution in [2.45, 2.75) is 55.6 Å². The lowest BCUT2D eigenvalue weighted by atomic mass is 9.98. The summed E-state index contributed by atoms with van der Waals surface area (Å²) in [6, 6.07) is 16.3. The van der Waals surface area contributed by atoms with Crippen molar-refractivity contribution in [3.63, 3.8) is 0 Å². The number of carbonyl (C=O) groups excluding carboxylic acids is 1. The minimum Gasteiger partial charge on any atom is -0.336 e. The van der Waals surface area contributed by atoms with Crippen molar-refractivity contribution < 1.29 is 13.2 Å². The van der Waals surface area contributed by atoms with Crippen LogP contribution in [0.25, 0.3) is 11.1 Å². The fraction of sp³-hybridized carbons (Fsp3) is 0.370. The Morgan fingerprint density at radius 2 is 1.72 bits per heavy atom. The lowest BCUT2D eigenvalue weighted by molar-refractivity contribution is -0.124. The summed E-state index contributed by atoms with van der Waals surface area (Å²) in [7, 11) is -3.25. The molecule has 0 saturated heterocycles. The van der Waals surface area contributed by atoms with E-state index < -0.39 is 21.4 Å². The molecule has 1 aromatic heterocycles. The van der Waals surface area contributed by atoms with Gasteiger partial charge in [0, 0.05) is 17.8 Å². The van der Waals surface area contributed by atoms with Crippen LogP contribution >= 0.6 is 11.3 Å². The van der Waals surface area contributed by atoms with Gasteiger partial charge in [-0.15, -0.1) is 11.3 Å². The normalized spacial score (nSPS) is 16.2. The summed E-state index contributed by atoms with van der Waals surface area (Å²) in [6.07, 6.45) is 4.94. The van der Waals surface area contributed by atoms with Gasteiger partial charge in [-0.05, 0) is 54.0 Å². The van der Waals surface area contributed by atoms with E-state index in [-0.39, 0.29) is 22.8 Å². The monoisotopic (exact) mass is 522 g/mol. The molecule has 1 heterocycles. The van der Waals surface area contributed by atoms with Gasteiger partial charge >= 0.3 is 0 Å². The highest BCUT2D eigenvalue weighted by atomic mass is 32.2. The Labute approximate surface area is 216 Å². The summed E-state index contributed by atoms with van der Waals surface area (Å²) >= 11 is 1.52. The van der Waals surface area contributed by atoms with E-state index in [2.05, 4.69) is 35.5 Å². The standard InChI is InChI=1S/C27H30N4O3S2/c1-18(2)16-23(25(32)31-27(17-28)12-13-27)30-24(26-29-14-15-35-26)21-6-4-19(5-7-21)20-8-10-22(11-9-20)36(3,33)34/h4-11,14-15,18,23-24,30H,12-13,16H2,1-3H3,(H,31,32)/t23-,24-/m0/s1. The summed E-state index contributed by atoms with van der Waals surface area (Å²) in [5.41, 5.74) is 2.11. The van der Waals surface area contributed by atoms with E-state index in [1.807, 2.05) is 29.6 Å². The highest BCUT2D eigenvalue weighted by Gasteiger charge is 2.45. The van der Waals surface area contributed by atoms with Gasteiger partial charge in [-0.25, -0.2) is 13.4 Å². The van der Waals surface area contributed by atoms with Gasteiger partial charge in [0.25, 0.3) is 0 Å². The summed E-state index contributed by atoms with van der Waals surface area (Å²) in [5, 5.41) is 18.7. The second-order valence-electron chi connectivity index (χ2n) is 9.75. The zero-order valence-corrected chi connectivity index (χ0v) is 22.2. The smallest absolute Gasteiger partial charge is 0.238 e. The number of amides is 1. The van der Waals surface area contributed by atoms with E-state index in [0.29, 0.717) is 19.3 Å². The Hall–Kier alpha value is -3.06. The third kappa shape index (κ3) is 6.19. The van der Waals surface area contributed by atoms with Crippen molar-refractivity contribution in [3.05, 3.63) is 70.7 Å². The average molecular weight is 523 g/mol. The summed E-state index contributed by atoms with van der Waals surface area (Å²) in [6.45, 7) is 4.14. The number of carbonyl (C=O) groups is 1. The van der Waals surface area contributed by atoms with Crippen LogP contribution in [0.4, 0.5) is 0 Å².